The molecule has 108 valence electrons. The largest absolute Gasteiger partial charge is 0.332 e. The molecular weight excluding hydrogens is 283 g/mol. The molecule has 2 nitrogen and oxygen atoms in total. The third-order valence-corrected chi connectivity index (χ3v) is 3.97. The van der Waals surface area contributed by atoms with Gasteiger partial charge in [0.05, 0.1) is 5.69 Å². The summed E-state index contributed by atoms with van der Waals surface area (Å²) in [6, 6.07) is 12.8. The van der Waals surface area contributed by atoms with Crippen LogP contribution in [0.5, 0.6) is 0 Å². The quantitative estimate of drug-likeness (QED) is 0.798. The fourth-order valence-corrected chi connectivity index (χ4v) is 2.96. The lowest BCUT2D eigenvalue weighted by Gasteiger charge is -2.20. The average Bonchev–Trinajstić information content (AvgIpc) is 2.50. The molecule has 0 unspecified atom stereocenters. The molecule has 0 atom stereocenters. The smallest absolute Gasteiger partial charge is 0.175 e. The number of thiocarbonyl (C=S) groups is 1. The highest BCUT2D eigenvalue weighted by Crippen LogP contribution is 2.28. The maximum absolute atomic E-state index is 13.6. The third-order valence-electron chi connectivity index (χ3n) is 3.77. The number of rotatable bonds is 2. The Balaban J connectivity index is 1.75. The van der Waals surface area contributed by atoms with Crippen LogP contribution in [-0.2, 0) is 12.8 Å². The van der Waals surface area contributed by atoms with Gasteiger partial charge in [0.2, 0.25) is 0 Å². The molecule has 1 aliphatic carbocycles. The zero-order valence-electron chi connectivity index (χ0n) is 11.7. The van der Waals surface area contributed by atoms with E-state index in [-0.39, 0.29) is 5.82 Å². The summed E-state index contributed by atoms with van der Waals surface area (Å²) in [5, 5.41) is 6.53. The van der Waals surface area contributed by atoms with E-state index in [0.717, 1.165) is 18.5 Å². The van der Waals surface area contributed by atoms with Crippen molar-refractivity contribution < 1.29 is 4.39 Å². The zero-order valence-corrected chi connectivity index (χ0v) is 12.5. The number of benzene rings is 2. The molecule has 0 bridgehead atoms. The Morgan fingerprint density at radius 2 is 1.62 bits per heavy atom. The summed E-state index contributed by atoms with van der Waals surface area (Å²) in [7, 11) is 0. The molecule has 2 aromatic carbocycles. The molecule has 0 fully saturated rings. The lowest BCUT2D eigenvalue weighted by Crippen LogP contribution is -2.21. The highest BCUT2D eigenvalue weighted by Gasteiger charge is 2.13. The molecule has 0 aliphatic heterocycles. The minimum Gasteiger partial charge on any atom is -0.332 e. The van der Waals surface area contributed by atoms with Crippen molar-refractivity contribution in [3.63, 3.8) is 0 Å². The van der Waals surface area contributed by atoms with Crippen molar-refractivity contribution in [2.24, 2.45) is 0 Å². The van der Waals surface area contributed by atoms with E-state index in [1.165, 1.54) is 30.0 Å². The number of anilines is 2. The van der Waals surface area contributed by atoms with Crippen LogP contribution in [0, 0.1) is 5.82 Å². The fraction of sp³-hybridized carbons (Fsp3) is 0.235. The van der Waals surface area contributed by atoms with E-state index in [2.05, 4.69) is 16.7 Å². The number of hydrogen-bond donors (Lipinski definition) is 2. The molecule has 21 heavy (non-hydrogen) atoms. The highest BCUT2D eigenvalue weighted by molar-refractivity contribution is 7.80. The molecule has 0 radical (unpaired) electrons. The van der Waals surface area contributed by atoms with Crippen LogP contribution in [0.15, 0.2) is 42.5 Å². The summed E-state index contributed by atoms with van der Waals surface area (Å²) in [6.07, 6.45) is 4.65. The maximum Gasteiger partial charge on any atom is 0.175 e. The van der Waals surface area contributed by atoms with Gasteiger partial charge in [0.15, 0.2) is 5.11 Å². The molecular formula is C17H17FN2S. The zero-order chi connectivity index (χ0) is 14.7. The Bertz CT molecular complexity index is 670. The van der Waals surface area contributed by atoms with E-state index in [1.807, 2.05) is 12.1 Å². The monoisotopic (exact) mass is 300 g/mol. The van der Waals surface area contributed by atoms with Crippen LogP contribution in [0.25, 0.3) is 0 Å². The van der Waals surface area contributed by atoms with Crippen LogP contribution in [0.3, 0.4) is 0 Å². The van der Waals surface area contributed by atoms with Gasteiger partial charge in [-0.05, 0) is 67.2 Å². The normalized spacial score (nSPS) is 13.4. The topological polar surface area (TPSA) is 24.1 Å². The molecule has 0 saturated carbocycles. The van der Waals surface area contributed by atoms with Crippen LogP contribution < -0.4 is 10.6 Å². The second-order valence-electron chi connectivity index (χ2n) is 5.21. The van der Waals surface area contributed by atoms with Gasteiger partial charge in [-0.2, -0.15) is 0 Å². The summed E-state index contributed by atoms with van der Waals surface area (Å²) in [6.45, 7) is 0. The van der Waals surface area contributed by atoms with Crippen molar-refractivity contribution in [1.29, 1.82) is 0 Å². The number of fused-ring (bicyclic) bond motifs is 1. The summed E-state index contributed by atoms with van der Waals surface area (Å²) < 4.78 is 13.6. The summed E-state index contributed by atoms with van der Waals surface area (Å²) >= 11 is 5.29. The van der Waals surface area contributed by atoms with Crippen LogP contribution in [0.1, 0.15) is 24.0 Å². The maximum atomic E-state index is 13.6. The molecule has 0 amide bonds. The minimum absolute atomic E-state index is 0.309. The number of para-hydroxylation sites is 1. The van der Waals surface area contributed by atoms with Gasteiger partial charge in [-0.25, -0.2) is 4.39 Å². The van der Waals surface area contributed by atoms with Gasteiger partial charge in [0, 0.05) is 5.69 Å². The second kappa shape index (κ2) is 6.22. The lowest BCUT2D eigenvalue weighted by molar-refractivity contribution is 0.632. The Hall–Kier alpha value is -1.94. The van der Waals surface area contributed by atoms with Crippen LogP contribution >= 0.6 is 12.2 Å². The number of nitrogens with one attached hydrogen (secondary N) is 2. The summed E-state index contributed by atoms with van der Waals surface area (Å²) in [5.74, 6) is -0.309. The van der Waals surface area contributed by atoms with E-state index in [1.54, 1.807) is 18.2 Å². The standard InChI is InChI=1S/C17H17FN2S/c18-14-9-3-4-10-16(14)20-17(21)19-15-11-5-7-12-6-1-2-8-13(12)15/h3-5,7,9-11H,1-2,6,8H2,(H2,19,20,21). The van der Waals surface area contributed by atoms with E-state index in [4.69, 9.17) is 12.2 Å². The van der Waals surface area contributed by atoms with Gasteiger partial charge in [0.25, 0.3) is 0 Å². The molecule has 2 aromatic rings. The average molecular weight is 300 g/mol. The van der Waals surface area contributed by atoms with E-state index in [0.29, 0.717) is 10.8 Å². The molecule has 2 N–H and O–H groups in total. The lowest BCUT2D eigenvalue weighted by atomic mass is 9.90. The Morgan fingerprint density at radius 1 is 0.905 bits per heavy atom. The molecule has 0 aromatic heterocycles. The number of aryl methyl sites for hydroxylation is 1. The first-order chi connectivity index (χ1) is 10.2. The van der Waals surface area contributed by atoms with Crippen LogP contribution in [0.4, 0.5) is 15.8 Å². The molecule has 4 heteroatoms. The Kier molecular flexibility index (Phi) is 4.15. The van der Waals surface area contributed by atoms with Crippen molar-refractivity contribution in [1.82, 2.24) is 0 Å². The molecule has 1 aliphatic rings. The first-order valence-electron chi connectivity index (χ1n) is 7.17. The van der Waals surface area contributed by atoms with Crippen LogP contribution in [0.2, 0.25) is 0 Å². The van der Waals surface area contributed by atoms with E-state index in [9.17, 15) is 4.39 Å². The SMILES string of the molecule is Fc1ccccc1NC(=S)Nc1cccc2c1CCCC2. The molecule has 3 rings (SSSR count). The first kappa shape index (κ1) is 14.0. The summed E-state index contributed by atoms with van der Waals surface area (Å²) in [5.41, 5.74) is 4.14. The van der Waals surface area contributed by atoms with E-state index < -0.39 is 0 Å². The van der Waals surface area contributed by atoms with Crippen molar-refractivity contribution in [3.05, 3.63) is 59.4 Å². The van der Waals surface area contributed by atoms with Crippen molar-refractivity contribution in [2.75, 3.05) is 10.6 Å². The Morgan fingerprint density at radius 3 is 2.48 bits per heavy atom. The first-order valence-corrected chi connectivity index (χ1v) is 7.58. The molecule has 0 heterocycles. The predicted octanol–water partition coefficient (Wildman–Crippen LogP) is 4.51. The van der Waals surface area contributed by atoms with Gasteiger partial charge in [-0.15, -0.1) is 0 Å². The Labute approximate surface area is 129 Å². The van der Waals surface area contributed by atoms with Crippen molar-refractivity contribution >= 4 is 28.7 Å². The van der Waals surface area contributed by atoms with Gasteiger partial charge in [-0.3, -0.25) is 0 Å². The fourth-order valence-electron chi connectivity index (χ4n) is 2.74. The number of hydrogen-bond acceptors (Lipinski definition) is 1. The van der Waals surface area contributed by atoms with Gasteiger partial charge in [0.1, 0.15) is 5.82 Å². The van der Waals surface area contributed by atoms with Crippen LogP contribution in [-0.4, -0.2) is 5.11 Å². The second-order valence-corrected chi connectivity index (χ2v) is 5.62. The molecule has 0 spiro atoms. The number of halogens is 1. The summed E-state index contributed by atoms with van der Waals surface area (Å²) in [4.78, 5) is 0. The molecule has 0 saturated heterocycles. The van der Waals surface area contributed by atoms with E-state index >= 15 is 0 Å². The van der Waals surface area contributed by atoms with Gasteiger partial charge in [-0.1, -0.05) is 24.3 Å². The van der Waals surface area contributed by atoms with Crippen molar-refractivity contribution in [2.45, 2.75) is 25.7 Å². The predicted molar refractivity (Wildman–Crippen MR) is 89.3 cm³/mol. The van der Waals surface area contributed by atoms with Gasteiger partial charge >= 0.3 is 0 Å². The third kappa shape index (κ3) is 3.22. The van der Waals surface area contributed by atoms with Gasteiger partial charge < -0.3 is 10.6 Å². The highest BCUT2D eigenvalue weighted by atomic mass is 32.1. The minimum atomic E-state index is -0.309. The van der Waals surface area contributed by atoms with Crippen molar-refractivity contribution in [3.8, 4) is 0 Å².